The van der Waals surface area contributed by atoms with Gasteiger partial charge < -0.3 is 11.1 Å². The number of nitriles is 1. The summed E-state index contributed by atoms with van der Waals surface area (Å²) in [4.78, 5) is 6.71. The van der Waals surface area contributed by atoms with Crippen molar-refractivity contribution in [1.29, 1.82) is 5.26 Å². The van der Waals surface area contributed by atoms with Gasteiger partial charge in [0, 0.05) is 12.6 Å². The van der Waals surface area contributed by atoms with Crippen LogP contribution in [0.2, 0.25) is 0 Å². The van der Waals surface area contributed by atoms with Crippen molar-refractivity contribution in [2.75, 3.05) is 30.7 Å². The molecule has 0 radical (unpaired) electrons. The van der Waals surface area contributed by atoms with E-state index in [4.69, 9.17) is 11.0 Å². The van der Waals surface area contributed by atoms with Crippen molar-refractivity contribution in [2.24, 2.45) is 0 Å². The van der Waals surface area contributed by atoms with Crippen LogP contribution in [0.1, 0.15) is 31.7 Å². The largest absolute Gasteiger partial charge is 0.383 e. The quantitative estimate of drug-likeness (QED) is 0.862. The molecule has 5 heteroatoms. The van der Waals surface area contributed by atoms with E-state index in [9.17, 15) is 0 Å². The van der Waals surface area contributed by atoms with Gasteiger partial charge in [-0.25, -0.2) is 4.98 Å². The molecular weight excluding hydrogens is 238 g/mol. The fraction of sp³-hybridized carbons (Fsp3) is 0.571. The average Bonchev–Trinajstić information content (AvgIpc) is 2.45. The third-order valence-electron chi connectivity index (χ3n) is 3.72. The lowest BCUT2D eigenvalue weighted by molar-refractivity contribution is 0.164. The number of aromatic nitrogens is 1. The second kappa shape index (κ2) is 6.39. The first-order valence-electron chi connectivity index (χ1n) is 6.89. The van der Waals surface area contributed by atoms with Gasteiger partial charge in [0.15, 0.2) is 0 Å². The van der Waals surface area contributed by atoms with Crippen LogP contribution in [0.5, 0.6) is 0 Å². The van der Waals surface area contributed by atoms with Gasteiger partial charge in [0.1, 0.15) is 17.7 Å². The molecule has 1 aromatic rings. The minimum atomic E-state index is 0.295. The van der Waals surface area contributed by atoms with Gasteiger partial charge in [-0.3, -0.25) is 4.90 Å². The first kappa shape index (κ1) is 13.6. The first-order chi connectivity index (χ1) is 9.24. The highest BCUT2D eigenvalue weighted by atomic mass is 15.2. The second-order valence-electron chi connectivity index (χ2n) is 4.90. The van der Waals surface area contributed by atoms with Gasteiger partial charge in [-0.2, -0.15) is 5.26 Å². The number of hydrogen-bond acceptors (Lipinski definition) is 5. The molecule has 0 aromatic carbocycles. The van der Waals surface area contributed by atoms with E-state index in [2.05, 4.69) is 22.1 Å². The van der Waals surface area contributed by atoms with E-state index in [0.29, 0.717) is 17.4 Å². The van der Waals surface area contributed by atoms with Crippen LogP contribution < -0.4 is 11.1 Å². The van der Waals surface area contributed by atoms with E-state index in [-0.39, 0.29) is 0 Å². The Hall–Kier alpha value is -1.80. The first-order valence-corrected chi connectivity index (χ1v) is 6.89. The summed E-state index contributed by atoms with van der Waals surface area (Å²) in [6.45, 7) is 5.36. The third kappa shape index (κ3) is 3.36. The van der Waals surface area contributed by atoms with Crippen molar-refractivity contribution in [2.45, 2.75) is 32.2 Å². The minimum absolute atomic E-state index is 0.295. The van der Waals surface area contributed by atoms with Crippen molar-refractivity contribution < 1.29 is 0 Å². The molecule has 2 heterocycles. The molecule has 102 valence electrons. The monoisotopic (exact) mass is 259 g/mol. The van der Waals surface area contributed by atoms with Gasteiger partial charge in [-0.15, -0.1) is 0 Å². The predicted octanol–water partition coefficient (Wildman–Crippen LogP) is 1.82. The lowest BCUT2D eigenvalue weighted by Gasteiger charge is -2.35. The van der Waals surface area contributed by atoms with E-state index < -0.39 is 0 Å². The normalized spacial score (nSPS) is 19.9. The Bertz CT molecular complexity index is 465. The molecule has 1 aromatic heterocycles. The fourth-order valence-electron chi connectivity index (χ4n) is 2.60. The minimum Gasteiger partial charge on any atom is -0.383 e. The Morgan fingerprint density at radius 2 is 2.37 bits per heavy atom. The number of nitrogens with one attached hydrogen (secondary N) is 1. The van der Waals surface area contributed by atoms with Crippen LogP contribution in [0.15, 0.2) is 12.1 Å². The number of pyridine rings is 1. The molecule has 1 aliphatic rings. The zero-order valence-corrected chi connectivity index (χ0v) is 11.4. The Balaban J connectivity index is 1.94. The summed E-state index contributed by atoms with van der Waals surface area (Å²) in [5.41, 5.74) is 6.14. The molecule has 0 unspecified atom stereocenters. The highest BCUT2D eigenvalue weighted by Gasteiger charge is 2.20. The van der Waals surface area contributed by atoms with Gasteiger partial charge in [-0.1, -0.05) is 13.3 Å². The molecule has 1 fully saturated rings. The number of piperidine rings is 1. The van der Waals surface area contributed by atoms with Crippen LogP contribution in [0.4, 0.5) is 11.6 Å². The molecule has 0 aliphatic carbocycles. The molecule has 0 bridgehead atoms. The van der Waals surface area contributed by atoms with Gasteiger partial charge in [0.2, 0.25) is 0 Å². The molecule has 2 rings (SSSR count). The van der Waals surface area contributed by atoms with Gasteiger partial charge in [0.25, 0.3) is 0 Å². The number of nitrogens with two attached hydrogens (primary N) is 1. The Labute approximate surface area is 114 Å². The average molecular weight is 259 g/mol. The molecule has 3 N–H and O–H groups in total. The second-order valence-corrected chi connectivity index (χ2v) is 4.90. The molecule has 19 heavy (non-hydrogen) atoms. The lowest BCUT2D eigenvalue weighted by Crippen LogP contribution is -2.43. The van der Waals surface area contributed by atoms with Gasteiger partial charge in [0.05, 0.1) is 5.56 Å². The Kier molecular flexibility index (Phi) is 4.58. The van der Waals surface area contributed by atoms with Gasteiger partial charge >= 0.3 is 0 Å². The van der Waals surface area contributed by atoms with E-state index in [1.807, 2.05) is 12.1 Å². The number of likely N-dealkylation sites (tertiary alicyclic amines) is 1. The van der Waals surface area contributed by atoms with E-state index in [1.54, 1.807) is 6.07 Å². The SMILES string of the molecule is CCN1CCCC[C@H]1CNc1ccc(C#N)c(N)n1. The number of anilines is 2. The molecule has 0 amide bonds. The summed E-state index contributed by atoms with van der Waals surface area (Å²) in [7, 11) is 0. The summed E-state index contributed by atoms with van der Waals surface area (Å²) in [5.74, 6) is 1.04. The number of rotatable bonds is 4. The van der Waals surface area contributed by atoms with Crippen LogP contribution in [0.3, 0.4) is 0 Å². The standard InChI is InChI=1S/C14H21N5/c1-2-19-8-4-3-5-12(19)10-17-13-7-6-11(9-15)14(16)18-13/h6-7,12H,2-5,8,10H2,1H3,(H3,16,17,18)/t12-/m0/s1. The van der Waals surface area contributed by atoms with Crippen LogP contribution >= 0.6 is 0 Å². The van der Waals surface area contributed by atoms with Crippen LogP contribution in [0, 0.1) is 11.3 Å². The highest BCUT2D eigenvalue weighted by Crippen LogP contribution is 2.18. The van der Waals surface area contributed by atoms with Crippen LogP contribution in [0.25, 0.3) is 0 Å². The summed E-state index contributed by atoms with van der Waals surface area (Å²) >= 11 is 0. The molecular formula is C14H21N5. The maximum Gasteiger partial charge on any atom is 0.143 e. The lowest BCUT2D eigenvalue weighted by atomic mass is 10.0. The molecule has 1 saturated heterocycles. The number of hydrogen-bond donors (Lipinski definition) is 2. The highest BCUT2D eigenvalue weighted by molar-refractivity contribution is 5.53. The number of likely N-dealkylation sites (N-methyl/N-ethyl adjacent to an activating group) is 1. The molecule has 0 saturated carbocycles. The maximum absolute atomic E-state index is 8.81. The van der Waals surface area contributed by atoms with E-state index >= 15 is 0 Å². The predicted molar refractivity (Wildman–Crippen MR) is 76.7 cm³/mol. The third-order valence-corrected chi connectivity index (χ3v) is 3.72. The smallest absolute Gasteiger partial charge is 0.143 e. The molecule has 1 aliphatic heterocycles. The summed E-state index contributed by atoms with van der Waals surface area (Å²) in [6, 6.07) is 6.11. The maximum atomic E-state index is 8.81. The molecule has 1 atom stereocenters. The van der Waals surface area contributed by atoms with Crippen molar-refractivity contribution >= 4 is 11.6 Å². The number of nitrogens with zero attached hydrogens (tertiary/aromatic N) is 3. The summed E-state index contributed by atoms with van der Waals surface area (Å²) < 4.78 is 0. The van der Waals surface area contributed by atoms with E-state index in [1.165, 1.54) is 25.8 Å². The molecule has 5 nitrogen and oxygen atoms in total. The van der Waals surface area contributed by atoms with Crippen molar-refractivity contribution in [3.05, 3.63) is 17.7 Å². The Morgan fingerprint density at radius 3 is 3.05 bits per heavy atom. The van der Waals surface area contributed by atoms with Crippen molar-refractivity contribution in [1.82, 2.24) is 9.88 Å². The Morgan fingerprint density at radius 1 is 1.53 bits per heavy atom. The number of nitrogen functional groups attached to an aromatic ring is 1. The zero-order chi connectivity index (χ0) is 13.7. The topological polar surface area (TPSA) is 78.0 Å². The summed E-state index contributed by atoms with van der Waals surface area (Å²) in [5, 5.41) is 12.1. The fourth-order valence-corrected chi connectivity index (χ4v) is 2.60. The van der Waals surface area contributed by atoms with Crippen LogP contribution in [-0.2, 0) is 0 Å². The van der Waals surface area contributed by atoms with Crippen molar-refractivity contribution in [3.63, 3.8) is 0 Å². The zero-order valence-electron chi connectivity index (χ0n) is 11.4. The van der Waals surface area contributed by atoms with Gasteiger partial charge in [-0.05, 0) is 38.1 Å². The van der Waals surface area contributed by atoms with Crippen molar-refractivity contribution in [3.8, 4) is 6.07 Å². The van der Waals surface area contributed by atoms with E-state index in [0.717, 1.165) is 18.9 Å². The van der Waals surface area contributed by atoms with Crippen LogP contribution in [-0.4, -0.2) is 35.6 Å². The molecule has 0 spiro atoms. The summed E-state index contributed by atoms with van der Waals surface area (Å²) in [6.07, 6.45) is 3.82.